The molecule has 2 unspecified atom stereocenters. The molecule has 2 N–H and O–H groups in total. The quantitative estimate of drug-likeness (QED) is 0.810. The van der Waals surface area contributed by atoms with E-state index in [4.69, 9.17) is 5.73 Å². The molecule has 0 radical (unpaired) electrons. The van der Waals surface area contributed by atoms with Crippen LogP contribution in [0.5, 0.6) is 0 Å². The van der Waals surface area contributed by atoms with E-state index < -0.39 is 0 Å². The van der Waals surface area contributed by atoms with Crippen LogP contribution in [0, 0.1) is 11.8 Å². The van der Waals surface area contributed by atoms with Gasteiger partial charge >= 0.3 is 0 Å². The molecular formula is C14H27N3O. The molecule has 4 nitrogen and oxygen atoms in total. The Bertz CT molecular complexity index is 293. The molecular weight excluding hydrogens is 226 g/mol. The molecule has 18 heavy (non-hydrogen) atoms. The molecule has 1 amide bonds. The molecule has 0 spiro atoms. The van der Waals surface area contributed by atoms with Crippen molar-refractivity contribution in [2.24, 2.45) is 17.6 Å². The topological polar surface area (TPSA) is 49.6 Å². The summed E-state index contributed by atoms with van der Waals surface area (Å²) in [6.07, 6.45) is 3.46. The van der Waals surface area contributed by atoms with E-state index in [1.54, 1.807) is 0 Å². The summed E-state index contributed by atoms with van der Waals surface area (Å²) in [7, 11) is 0. The van der Waals surface area contributed by atoms with Crippen LogP contribution in [-0.4, -0.2) is 54.5 Å². The van der Waals surface area contributed by atoms with Gasteiger partial charge < -0.3 is 10.6 Å². The number of hydrogen-bond donors (Lipinski definition) is 1. The molecule has 2 aliphatic heterocycles. The second-order valence-electron chi connectivity index (χ2n) is 6.18. The molecule has 2 rings (SSSR count). The highest BCUT2D eigenvalue weighted by molar-refractivity contribution is 5.79. The summed E-state index contributed by atoms with van der Waals surface area (Å²) in [5, 5.41) is 0. The van der Waals surface area contributed by atoms with Crippen LogP contribution in [-0.2, 0) is 4.79 Å². The van der Waals surface area contributed by atoms with Gasteiger partial charge in [0.25, 0.3) is 0 Å². The third kappa shape index (κ3) is 3.04. The van der Waals surface area contributed by atoms with Gasteiger partial charge in [-0.3, -0.25) is 9.69 Å². The minimum absolute atomic E-state index is 0.0259. The SMILES string of the molecule is CC(C)CC(CN)C(=O)N1CCN2CCCC2C1. The van der Waals surface area contributed by atoms with Gasteiger partial charge in [-0.25, -0.2) is 0 Å². The Kier molecular flexibility index (Phi) is 4.62. The molecule has 0 aromatic rings. The summed E-state index contributed by atoms with van der Waals surface area (Å²) < 4.78 is 0. The van der Waals surface area contributed by atoms with Gasteiger partial charge in [-0.15, -0.1) is 0 Å². The fraction of sp³-hybridized carbons (Fsp3) is 0.929. The van der Waals surface area contributed by atoms with Crippen LogP contribution in [0.15, 0.2) is 0 Å². The number of nitrogens with zero attached hydrogens (tertiary/aromatic N) is 2. The minimum atomic E-state index is 0.0259. The first kappa shape index (κ1) is 13.8. The third-order valence-electron chi connectivity index (χ3n) is 4.29. The number of piperazine rings is 1. The summed E-state index contributed by atoms with van der Waals surface area (Å²) in [4.78, 5) is 17.1. The zero-order chi connectivity index (χ0) is 13.1. The average Bonchev–Trinajstić information content (AvgIpc) is 2.81. The van der Waals surface area contributed by atoms with E-state index >= 15 is 0 Å². The summed E-state index contributed by atoms with van der Waals surface area (Å²) in [6, 6.07) is 0.611. The van der Waals surface area contributed by atoms with Crippen molar-refractivity contribution in [2.75, 3.05) is 32.7 Å². The Labute approximate surface area is 110 Å². The molecule has 2 saturated heterocycles. The van der Waals surface area contributed by atoms with Crippen molar-refractivity contribution < 1.29 is 4.79 Å². The number of carbonyl (C=O) groups excluding carboxylic acids is 1. The molecule has 4 heteroatoms. The van der Waals surface area contributed by atoms with E-state index in [0.717, 1.165) is 26.1 Å². The van der Waals surface area contributed by atoms with Crippen LogP contribution in [0.4, 0.5) is 0 Å². The summed E-state index contributed by atoms with van der Waals surface area (Å²) in [5.74, 6) is 0.853. The lowest BCUT2D eigenvalue weighted by molar-refractivity contribution is -0.138. The lowest BCUT2D eigenvalue weighted by Gasteiger charge is -2.39. The van der Waals surface area contributed by atoms with Crippen molar-refractivity contribution in [3.63, 3.8) is 0 Å². The van der Waals surface area contributed by atoms with Gasteiger partial charge in [-0.1, -0.05) is 13.8 Å². The van der Waals surface area contributed by atoms with E-state index in [1.807, 2.05) is 0 Å². The van der Waals surface area contributed by atoms with Crippen molar-refractivity contribution >= 4 is 5.91 Å². The number of rotatable bonds is 4. The molecule has 0 aromatic carbocycles. The Morgan fingerprint density at radius 2 is 2.11 bits per heavy atom. The second-order valence-corrected chi connectivity index (χ2v) is 6.18. The maximum absolute atomic E-state index is 12.5. The van der Waals surface area contributed by atoms with Crippen LogP contribution < -0.4 is 5.73 Å². The first-order valence-corrected chi connectivity index (χ1v) is 7.34. The first-order valence-electron chi connectivity index (χ1n) is 7.34. The minimum Gasteiger partial charge on any atom is -0.340 e. The summed E-state index contributed by atoms with van der Waals surface area (Å²) in [5.41, 5.74) is 5.78. The van der Waals surface area contributed by atoms with Crippen LogP contribution in [0.1, 0.15) is 33.1 Å². The van der Waals surface area contributed by atoms with E-state index in [-0.39, 0.29) is 11.8 Å². The lowest BCUT2D eigenvalue weighted by Crippen LogP contribution is -2.54. The van der Waals surface area contributed by atoms with Crippen molar-refractivity contribution in [3.8, 4) is 0 Å². The molecule has 0 bridgehead atoms. The van der Waals surface area contributed by atoms with Crippen molar-refractivity contribution in [1.29, 1.82) is 0 Å². The van der Waals surface area contributed by atoms with Crippen LogP contribution in [0.2, 0.25) is 0 Å². The highest BCUT2D eigenvalue weighted by Gasteiger charge is 2.34. The fourth-order valence-corrected chi connectivity index (χ4v) is 3.32. The summed E-state index contributed by atoms with van der Waals surface area (Å²) in [6.45, 7) is 8.89. The highest BCUT2D eigenvalue weighted by Crippen LogP contribution is 2.23. The van der Waals surface area contributed by atoms with Gasteiger partial charge in [-0.05, 0) is 31.7 Å². The number of hydrogen-bond acceptors (Lipinski definition) is 3. The number of fused-ring (bicyclic) bond motifs is 1. The van der Waals surface area contributed by atoms with E-state index in [2.05, 4.69) is 23.6 Å². The molecule has 104 valence electrons. The predicted molar refractivity (Wildman–Crippen MR) is 73.2 cm³/mol. The standard InChI is InChI=1S/C14H27N3O/c1-11(2)8-12(9-15)14(18)17-7-6-16-5-3-4-13(16)10-17/h11-13H,3-10,15H2,1-2H3. The second kappa shape index (κ2) is 6.02. The number of nitrogens with two attached hydrogens (primary N) is 1. The largest absolute Gasteiger partial charge is 0.340 e. The lowest BCUT2D eigenvalue weighted by atomic mass is 9.95. The Morgan fingerprint density at radius 1 is 1.33 bits per heavy atom. The van der Waals surface area contributed by atoms with Crippen LogP contribution >= 0.6 is 0 Å². The molecule has 2 aliphatic rings. The molecule has 0 aliphatic carbocycles. The molecule has 2 fully saturated rings. The fourth-order valence-electron chi connectivity index (χ4n) is 3.32. The van der Waals surface area contributed by atoms with Crippen LogP contribution in [0.3, 0.4) is 0 Å². The van der Waals surface area contributed by atoms with Gasteiger partial charge in [0.1, 0.15) is 0 Å². The Balaban J connectivity index is 1.91. The summed E-state index contributed by atoms with van der Waals surface area (Å²) >= 11 is 0. The van der Waals surface area contributed by atoms with Gasteiger partial charge in [0.15, 0.2) is 0 Å². The van der Waals surface area contributed by atoms with E-state index in [0.29, 0.717) is 18.5 Å². The Hall–Kier alpha value is -0.610. The molecule has 2 atom stereocenters. The third-order valence-corrected chi connectivity index (χ3v) is 4.29. The van der Waals surface area contributed by atoms with Gasteiger partial charge in [0.2, 0.25) is 5.91 Å². The zero-order valence-corrected chi connectivity index (χ0v) is 11.8. The van der Waals surface area contributed by atoms with E-state index in [9.17, 15) is 4.79 Å². The monoisotopic (exact) mass is 253 g/mol. The Morgan fingerprint density at radius 3 is 2.78 bits per heavy atom. The predicted octanol–water partition coefficient (Wildman–Crippen LogP) is 0.914. The van der Waals surface area contributed by atoms with Gasteiger partial charge in [0.05, 0.1) is 5.92 Å². The maximum atomic E-state index is 12.5. The molecule has 0 aromatic heterocycles. The number of amides is 1. The zero-order valence-electron chi connectivity index (χ0n) is 11.8. The first-order chi connectivity index (χ1) is 8.61. The van der Waals surface area contributed by atoms with Crippen molar-refractivity contribution in [2.45, 2.75) is 39.2 Å². The molecule has 0 saturated carbocycles. The van der Waals surface area contributed by atoms with E-state index in [1.165, 1.54) is 19.4 Å². The number of carbonyl (C=O) groups is 1. The highest BCUT2D eigenvalue weighted by atomic mass is 16.2. The van der Waals surface area contributed by atoms with Gasteiger partial charge in [0, 0.05) is 32.2 Å². The smallest absolute Gasteiger partial charge is 0.227 e. The van der Waals surface area contributed by atoms with Crippen molar-refractivity contribution in [3.05, 3.63) is 0 Å². The van der Waals surface area contributed by atoms with Crippen LogP contribution in [0.25, 0.3) is 0 Å². The maximum Gasteiger partial charge on any atom is 0.227 e. The normalized spacial score (nSPS) is 26.4. The van der Waals surface area contributed by atoms with Crippen molar-refractivity contribution in [1.82, 2.24) is 9.80 Å². The molecule has 2 heterocycles. The van der Waals surface area contributed by atoms with Gasteiger partial charge in [-0.2, -0.15) is 0 Å². The average molecular weight is 253 g/mol.